The van der Waals surface area contributed by atoms with Crippen molar-refractivity contribution in [1.29, 1.82) is 0 Å². The van der Waals surface area contributed by atoms with E-state index in [1.54, 1.807) is 24.5 Å². The molecule has 0 fully saturated rings. The van der Waals surface area contributed by atoms with Gasteiger partial charge in [0.1, 0.15) is 0 Å². The Balaban J connectivity index is 2.13. The third-order valence-electron chi connectivity index (χ3n) is 2.09. The zero-order chi connectivity index (χ0) is 12.3. The molecule has 0 radical (unpaired) electrons. The van der Waals surface area contributed by atoms with Crippen LogP contribution in [0.25, 0.3) is 0 Å². The molecule has 0 amide bonds. The number of nitrogens with two attached hydrogens (primary N) is 1. The SMILES string of the molecule is Nc1cc[n+](Oc2ccc([N+](=O)[O-])cc2)cc1. The lowest BCUT2D eigenvalue weighted by atomic mass is 10.3. The first-order valence-electron chi connectivity index (χ1n) is 4.85. The molecule has 0 saturated heterocycles. The van der Waals surface area contributed by atoms with Gasteiger partial charge in [-0.3, -0.25) is 10.1 Å². The van der Waals surface area contributed by atoms with Crippen molar-refractivity contribution in [1.82, 2.24) is 0 Å². The molecular formula is C11H10N3O3+. The molecule has 17 heavy (non-hydrogen) atoms. The van der Waals surface area contributed by atoms with Crippen LogP contribution in [0.3, 0.4) is 0 Å². The lowest BCUT2D eigenvalue weighted by Crippen LogP contribution is -2.38. The number of hydrogen-bond acceptors (Lipinski definition) is 4. The highest BCUT2D eigenvalue weighted by Crippen LogP contribution is 2.16. The highest BCUT2D eigenvalue weighted by molar-refractivity contribution is 5.35. The fourth-order valence-corrected chi connectivity index (χ4v) is 1.24. The Labute approximate surface area is 97.0 Å². The van der Waals surface area contributed by atoms with Crippen LogP contribution in [0.4, 0.5) is 11.4 Å². The number of nitro benzene ring substituents is 1. The average Bonchev–Trinajstić information content (AvgIpc) is 2.33. The summed E-state index contributed by atoms with van der Waals surface area (Å²) in [6, 6.07) is 9.19. The van der Waals surface area contributed by atoms with Crippen LogP contribution in [-0.2, 0) is 0 Å². The Morgan fingerprint density at radius 3 is 2.24 bits per heavy atom. The Bertz CT molecular complexity index is 523. The quantitative estimate of drug-likeness (QED) is 0.491. The topological polar surface area (TPSA) is 82.3 Å². The second kappa shape index (κ2) is 4.48. The molecule has 6 nitrogen and oxygen atoms in total. The van der Waals surface area contributed by atoms with E-state index in [0.717, 1.165) is 0 Å². The van der Waals surface area contributed by atoms with Crippen molar-refractivity contribution in [2.24, 2.45) is 0 Å². The van der Waals surface area contributed by atoms with Gasteiger partial charge in [-0.25, -0.2) is 4.84 Å². The van der Waals surface area contributed by atoms with Crippen LogP contribution in [-0.4, -0.2) is 4.92 Å². The summed E-state index contributed by atoms with van der Waals surface area (Å²) >= 11 is 0. The Hall–Kier alpha value is -2.63. The summed E-state index contributed by atoms with van der Waals surface area (Å²) < 4.78 is 1.46. The number of hydrogen-bond donors (Lipinski definition) is 1. The molecule has 1 aromatic heterocycles. The number of nitrogen functional groups attached to an aromatic ring is 1. The number of anilines is 1. The van der Waals surface area contributed by atoms with E-state index in [0.29, 0.717) is 11.4 Å². The van der Waals surface area contributed by atoms with E-state index in [1.807, 2.05) is 0 Å². The van der Waals surface area contributed by atoms with Crippen LogP contribution in [0.15, 0.2) is 48.8 Å². The minimum atomic E-state index is -0.458. The normalized spacial score (nSPS) is 9.88. The van der Waals surface area contributed by atoms with E-state index in [2.05, 4.69) is 0 Å². The molecule has 2 rings (SSSR count). The van der Waals surface area contributed by atoms with Gasteiger partial charge in [0.2, 0.25) is 18.1 Å². The van der Waals surface area contributed by atoms with Gasteiger partial charge >= 0.3 is 0 Å². The number of rotatable bonds is 3. The molecule has 0 bridgehead atoms. The number of benzene rings is 1. The summed E-state index contributed by atoms with van der Waals surface area (Å²) in [7, 11) is 0. The van der Waals surface area contributed by atoms with Crippen LogP contribution in [0.1, 0.15) is 0 Å². The predicted octanol–water partition coefficient (Wildman–Crippen LogP) is 1.31. The lowest BCUT2D eigenvalue weighted by molar-refractivity contribution is -0.875. The fourth-order valence-electron chi connectivity index (χ4n) is 1.24. The number of pyridine rings is 1. The standard InChI is InChI=1S/C11H9N3O3/c12-9-5-7-13(8-6-9)17-11-3-1-10(2-4-11)14(15)16/h1-8,12H/p+1. The minimum absolute atomic E-state index is 0.0275. The highest BCUT2D eigenvalue weighted by Gasteiger charge is 2.07. The van der Waals surface area contributed by atoms with Gasteiger partial charge in [0.15, 0.2) is 0 Å². The second-order valence-electron chi connectivity index (χ2n) is 3.33. The molecule has 0 saturated carbocycles. The van der Waals surface area contributed by atoms with Crippen molar-refractivity contribution in [2.75, 3.05) is 5.73 Å². The van der Waals surface area contributed by atoms with Crippen LogP contribution in [0, 0.1) is 10.1 Å². The first-order chi connectivity index (χ1) is 8.15. The number of nitro groups is 1. The van der Waals surface area contributed by atoms with E-state index in [9.17, 15) is 10.1 Å². The average molecular weight is 232 g/mol. The molecule has 6 heteroatoms. The molecule has 2 N–H and O–H groups in total. The van der Waals surface area contributed by atoms with Gasteiger partial charge in [-0.15, -0.1) is 0 Å². The van der Waals surface area contributed by atoms with E-state index in [1.165, 1.54) is 29.0 Å². The summed E-state index contributed by atoms with van der Waals surface area (Å²) in [6.45, 7) is 0. The maximum Gasteiger partial charge on any atom is 0.269 e. The van der Waals surface area contributed by atoms with Gasteiger partial charge in [0, 0.05) is 34.7 Å². The van der Waals surface area contributed by atoms with Gasteiger partial charge in [-0.2, -0.15) is 0 Å². The monoisotopic (exact) mass is 232 g/mol. The maximum absolute atomic E-state index is 10.5. The van der Waals surface area contributed by atoms with Crippen LogP contribution in [0.5, 0.6) is 5.75 Å². The summed E-state index contributed by atoms with van der Waals surface area (Å²) in [5.74, 6) is 0.505. The summed E-state index contributed by atoms with van der Waals surface area (Å²) in [5, 5.41) is 10.5. The Kier molecular flexibility index (Phi) is 2.87. The number of non-ortho nitro benzene ring substituents is 1. The summed E-state index contributed by atoms with van der Waals surface area (Å²) in [4.78, 5) is 15.4. The second-order valence-corrected chi connectivity index (χ2v) is 3.33. The summed E-state index contributed by atoms with van der Waals surface area (Å²) in [6.07, 6.45) is 3.30. The first-order valence-corrected chi connectivity index (χ1v) is 4.85. The molecule has 2 aromatic rings. The van der Waals surface area contributed by atoms with Crippen molar-refractivity contribution in [2.45, 2.75) is 0 Å². The van der Waals surface area contributed by atoms with Crippen molar-refractivity contribution in [3.8, 4) is 5.75 Å². The highest BCUT2D eigenvalue weighted by atomic mass is 16.7. The smallest absolute Gasteiger partial charge is 0.269 e. The van der Waals surface area contributed by atoms with Gasteiger partial charge in [-0.05, 0) is 12.1 Å². The van der Waals surface area contributed by atoms with Crippen molar-refractivity contribution in [3.05, 3.63) is 58.9 Å². The van der Waals surface area contributed by atoms with E-state index >= 15 is 0 Å². The van der Waals surface area contributed by atoms with Gasteiger partial charge < -0.3 is 5.73 Å². The van der Waals surface area contributed by atoms with Crippen LogP contribution >= 0.6 is 0 Å². The summed E-state index contributed by atoms with van der Waals surface area (Å²) in [5.41, 5.74) is 6.19. The molecule has 1 heterocycles. The van der Waals surface area contributed by atoms with Crippen molar-refractivity contribution in [3.63, 3.8) is 0 Å². The molecule has 0 atom stereocenters. The molecular weight excluding hydrogens is 222 g/mol. The van der Waals surface area contributed by atoms with Gasteiger partial charge in [-0.1, -0.05) is 0 Å². The maximum atomic E-state index is 10.5. The fraction of sp³-hybridized carbons (Fsp3) is 0. The van der Waals surface area contributed by atoms with E-state index in [4.69, 9.17) is 10.6 Å². The number of aromatic nitrogens is 1. The number of nitrogens with zero attached hydrogens (tertiary/aromatic N) is 2. The van der Waals surface area contributed by atoms with Gasteiger partial charge in [0.25, 0.3) is 5.69 Å². The van der Waals surface area contributed by atoms with Gasteiger partial charge in [0.05, 0.1) is 4.92 Å². The van der Waals surface area contributed by atoms with Crippen molar-refractivity contribution >= 4 is 11.4 Å². The van der Waals surface area contributed by atoms with Crippen molar-refractivity contribution < 1.29 is 14.5 Å². The lowest BCUT2D eigenvalue weighted by Gasteiger charge is -1.97. The largest absolute Gasteiger partial charge is 0.398 e. The third kappa shape index (κ3) is 2.69. The van der Waals surface area contributed by atoms with E-state index in [-0.39, 0.29) is 5.69 Å². The van der Waals surface area contributed by atoms with Crippen LogP contribution in [0.2, 0.25) is 0 Å². The molecule has 0 spiro atoms. The molecule has 86 valence electrons. The zero-order valence-electron chi connectivity index (χ0n) is 8.82. The molecule has 1 aromatic carbocycles. The van der Waals surface area contributed by atoms with Crippen LogP contribution < -0.4 is 15.3 Å². The molecule has 0 aliphatic carbocycles. The minimum Gasteiger partial charge on any atom is -0.398 e. The molecule has 0 aliphatic rings. The Morgan fingerprint density at radius 1 is 1.12 bits per heavy atom. The molecule has 0 aliphatic heterocycles. The first kappa shape index (κ1) is 10.9. The predicted molar refractivity (Wildman–Crippen MR) is 60.2 cm³/mol. The molecule has 0 unspecified atom stereocenters. The van der Waals surface area contributed by atoms with E-state index < -0.39 is 4.92 Å². The third-order valence-corrected chi connectivity index (χ3v) is 2.09. The Morgan fingerprint density at radius 2 is 1.71 bits per heavy atom. The zero-order valence-corrected chi connectivity index (χ0v) is 8.82.